The number of anilines is 3. The third kappa shape index (κ3) is 9.95. The zero-order valence-electron chi connectivity index (χ0n) is 22.6. The van der Waals surface area contributed by atoms with Crippen LogP contribution < -0.4 is 20.9 Å². The Bertz CT molecular complexity index is 1160. The summed E-state index contributed by atoms with van der Waals surface area (Å²) in [5.74, 6) is 1.70. The maximum absolute atomic E-state index is 12.0. The van der Waals surface area contributed by atoms with Crippen LogP contribution in [0.25, 0.3) is 0 Å². The Balaban J connectivity index is 1.15. The predicted octanol–water partition coefficient (Wildman–Crippen LogP) is 1.94. The van der Waals surface area contributed by atoms with Crippen molar-refractivity contribution < 1.29 is 24.1 Å². The molecule has 3 aromatic rings. The number of amides is 1. The molecule has 1 aromatic heterocycles. The molecule has 2 aromatic carbocycles. The molecule has 4 rings (SSSR count). The first-order chi connectivity index (χ1) is 19.7. The number of carbonyl (C=O) groups is 1. The summed E-state index contributed by atoms with van der Waals surface area (Å²) in [6.45, 7) is 6.03. The zero-order chi connectivity index (χ0) is 27.8. The number of hydrogen-bond donors (Lipinski definition) is 4. The molecule has 12 heteroatoms. The Labute approximate surface area is 234 Å². The van der Waals surface area contributed by atoms with Crippen molar-refractivity contribution in [3.63, 3.8) is 0 Å². The number of morpholine rings is 1. The molecule has 1 saturated heterocycles. The molecule has 0 bridgehead atoms. The summed E-state index contributed by atoms with van der Waals surface area (Å²) in [5.41, 5.74) is 1.73. The summed E-state index contributed by atoms with van der Waals surface area (Å²) in [5, 5.41) is 18.8. The Morgan fingerprint density at radius 2 is 1.48 bits per heavy atom. The van der Waals surface area contributed by atoms with Gasteiger partial charge in [0.1, 0.15) is 5.75 Å². The Morgan fingerprint density at radius 3 is 2.17 bits per heavy atom. The Morgan fingerprint density at radius 1 is 0.825 bits per heavy atom. The van der Waals surface area contributed by atoms with Crippen LogP contribution in [0.1, 0.15) is 15.9 Å². The van der Waals surface area contributed by atoms with Crippen LogP contribution >= 0.6 is 0 Å². The van der Waals surface area contributed by atoms with Crippen LogP contribution in [0.5, 0.6) is 5.75 Å². The molecule has 1 aliphatic heterocycles. The number of nitrogens with one attached hydrogen (secondary N) is 3. The van der Waals surface area contributed by atoms with E-state index in [0.29, 0.717) is 82.7 Å². The third-order valence-corrected chi connectivity index (χ3v) is 6.02. The molecular formula is C28H37N7O5. The summed E-state index contributed by atoms with van der Waals surface area (Å²) in [6, 6.07) is 16.2. The van der Waals surface area contributed by atoms with E-state index in [1.165, 1.54) is 0 Å². The second kappa shape index (κ2) is 16.2. The van der Waals surface area contributed by atoms with Gasteiger partial charge in [0.15, 0.2) is 0 Å². The van der Waals surface area contributed by atoms with Gasteiger partial charge in [-0.2, -0.15) is 15.0 Å². The number of phenolic OH excluding ortho intramolecular Hbond substituents is 1. The first-order valence-electron chi connectivity index (χ1n) is 13.5. The molecule has 40 heavy (non-hydrogen) atoms. The van der Waals surface area contributed by atoms with Gasteiger partial charge in [-0.1, -0.05) is 30.3 Å². The van der Waals surface area contributed by atoms with Crippen LogP contribution in [0, 0.1) is 0 Å². The number of aromatic hydroxyl groups is 1. The third-order valence-electron chi connectivity index (χ3n) is 6.02. The van der Waals surface area contributed by atoms with Crippen LogP contribution in [0.15, 0.2) is 54.6 Å². The molecule has 214 valence electrons. The molecule has 1 aliphatic rings. The molecule has 0 saturated carbocycles. The standard InChI is InChI=1S/C28H37N7O5/c36-24-8-6-22(7-9-24)10-11-30-26-32-27(34-28(33-26)35-14-18-40-19-15-35)31-13-17-39-21-20-38-16-12-29-25(37)23-4-2-1-3-5-23/h1-9,36H,10-21H2,(H,29,37)(H2,30,31,32,33,34). The quantitative estimate of drug-likeness (QED) is 0.194. The number of phenols is 1. The number of hydrogen-bond acceptors (Lipinski definition) is 11. The van der Waals surface area contributed by atoms with Crippen LogP contribution in [0.2, 0.25) is 0 Å². The van der Waals surface area contributed by atoms with Gasteiger partial charge >= 0.3 is 0 Å². The molecule has 1 amide bonds. The van der Waals surface area contributed by atoms with Gasteiger partial charge in [-0.25, -0.2) is 0 Å². The number of aromatic nitrogens is 3. The molecule has 0 atom stereocenters. The maximum atomic E-state index is 12.0. The second-order valence-electron chi connectivity index (χ2n) is 9.00. The van der Waals surface area contributed by atoms with Crippen molar-refractivity contribution in [3.8, 4) is 5.75 Å². The van der Waals surface area contributed by atoms with E-state index in [0.717, 1.165) is 25.1 Å². The van der Waals surface area contributed by atoms with Crippen LogP contribution in [0.4, 0.5) is 17.8 Å². The molecular weight excluding hydrogens is 514 g/mol. The van der Waals surface area contributed by atoms with Crippen molar-refractivity contribution in [1.29, 1.82) is 0 Å². The minimum atomic E-state index is -0.114. The largest absolute Gasteiger partial charge is 0.508 e. The van der Waals surface area contributed by atoms with E-state index in [2.05, 4.69) is 35.8 Å². The van der Waals surface area contributed by atoms with Gasteiger partial charge in [-0.3, -0.25) is 4.79 Å². The van der Waals surface area contributed by atoms with E-state index in [1.54, 1.807) is 24.3 Å². The van der Waals surface area contributed by atoms with Crippen molar-refractivity contribution in [2.75, 3.05) is 87.9 Å². The average Bonchev–Trinajstić information content (AvgIpc) is 3.00. The lowest BCUT2D eigenvalue weighted by Crippen LogP contribution is -2.37. The smallest absolute Gasteiger partial charge is 0.251 e. The molecule has 0 unspecified atom stereocenters. The molecule has 0 radical (unpaired) electrons. The highest BCUT2D eigenvalue weighted by Crippen LogP contribution is 2.16. The summed E-state index contributed by atoms with van der Waals surface area (Å²) < 4.78 is 16.6. The fraction of sp³-hybridized carbons (Fsp3) is 0.429. The first kappa shape index (κ1) is 29.0. The van der Waals surface area contributed by atoms with Crippen LogP contribution in [-0.4, -0.2) is 98.3 Å². The average molecular weight is 552 g/mol. The molecule has 1 fully saturated rings. The van der Waals surface area contributed by atoms with Crippen molar-refractivity contribution in [2.45, 2.75) is 6.42 Å². The molecule has 0 aliphatic carbocycles. The fourth-order valence-electron chi connectivity index (χ4n) is 3.89. The lowest BCUT2D eigenvalue weighted by Gasteiger charge is -2.27. The lowest BCUT2D eigenvalue weighted by atomic mass is 10.1. The summed E-state index contributed by atoms with van der Waals surface area (Å²) in [4.78, 5) is 27.8. The fourth-order valence-corrected chi connectivity index (χ4v) is 3.89. The number of carbonyl (C=O) groups excluding carboxylic acids is 1. The van der Waals surface area contributed by atoms with Crippen LogP contribution in [-0.2, 0) is 20.6 Å². The van der Waals surface area contributed by atoms with E-state index in [1.807, 2.05) is 30.3 Å². The predicted molar refractivity (Wildman–Crippen MR) is 152 cm³/mol. The van der Waals surface area contributed by atoms with Crippen molar-refractivity contribution in [2.24, 2.45) is 0 Å². The summed E-state index contributed by atoms with van der Waals surface area (Å²) in [7, 11) is 0. The Kier molecular flexibility index (Phi) is 11.7. The van der Waals surface area contributed by atoms with Crippen molar-refractivity contribution >= 4 is 23.8 Å². The van der Waals surface area contributed by atoms with Gasteiger partial charge in [0, 0.05) is 38.3 Å². The lowest BCUT2D eigenvalue weighted by molar-refractivity contribution is 0.0519. The minimum Gasteiger partial charge on any atom is -0.508 e. The van der Waals surface area contributed by atoms with Gasteiger partial charge in [0.25, 0.3) is 5.91 Å². The molecule has 2 heterocycles. The summed E-state index contributed by atoms with van der Waals surface area (Å²) >= 11 is 0. The minimum absolute atomic E-state index is 0.114. The van der Waals surface area contributed by atoms with Gasteiger partial charge in [-0.05, 0) is 36.2 Å². The van der Waals surface area contributed by atoms with Crippen molar-refractivity contribution in [1.82, 2.24) is 20.3 Å². The van der Waals surface area contributed by atoms with E-state index < -0.39 is 0 Å². The van der Waals surface area contributed by atoms with Gasteiger partial charge in [0.05, 0.1) is 39.6 Å². The van der Waals surface area contributed by atoms with E-state index in [-0.39, 0.29) is 11.7 Å². The SMILES string of the molecule is O=C(NCCOCCOCCNc1nc(NCCc2ccc(O)cc2)nc(N2CCOCC2)n1)c1ccccc1. The van der Waals surface area contributed by atoms with E-state index in [4.69, 9.17) is 14.2 Å². The van der Waals surface area contributed by atoms with Crippen molar-refractivity contribution in [3.05, 3.63) is 65.7 Å². The number of ether oxygens (including phenoxy) is 3. The highest BCUT2D eigenvalue weighted by atomic mass is 16.5. The first-order valence-corrected chi connectivity index (χ1v) is 13.5. The normalized spacial score (nSPS) is 13.2. The van der Waals surface area contributed by atoms with Gasteiger partial charge < -0.3 is 40.2 Å². The monoisotopic (exact) mass is 551 g/mol. The summed E-state index contributed by atoms with van der Waals surface area (Å²) in [6.07, 6.45) is 0.761. The molecule has 0 spiro atoms. The highest BCUT2D eigenvalue weighted by molar-refractivity contribution is 5.94. The van der Waals surface area contributed by atoms with Gasteiger partial charge in [0.2, 0.25) is 17.8 Å². The Hall–Kier alpha value is -4.00. The van der Waals surface area contributed by atoms with Crippen LogP contribution in [0.3, 0.4) is 0 Å². The highest BCUT2D eigenvalue weighted by Gasteiger charge is 2.16. The second-order valence-corrected chi connectivity index (χ2v) is 9.00. The number of benzene rings is 2. The zero-order valence-corrected chi connectivity index (χ0v) is 22.6. The molecule has 12 nitrogen and oxygen atoms in total. The number of rotatable bonds is 16. The molecule has 4 N–H and O–H groups in total. The van der Waals surface area contributed by atoms with E-state index >= 15 is 0 Å². The van der Waals surface area contributed by atoms with Gasteiger partial charge in [-0.15, -0.1) is 0 Å². The maximum Gasteiger partial charge on any atom is 0.251 e. The van der Waals surface area contributed by atoms with E-state index in [9.17, 15) is 9.90 Å². The number of nitrogens with zero attached hydrogens (tertiary/aromatic N) is 4. The topological polar surface area (TPSA) is 143 Å².